The topological polar surface area (TPSA) is 428 Å². The van der Waals surface area contributed by atoms with Gasteiger partial charge in [0.2, 0.25) is 0 Å². The lowest BCUT2D eigenvalue weighted by Crippen LogP contribution is -3.00. The van der Waals surface area contributed by atoms with Gasteiger partial charge in [0, 0.05) is 76.7 Å². The van der Waals surface area contributed by atoms with Crippen molar-refractivity contribution in [2.45, 2.75) is 151 Å². The second-order valence-electron chi connectivity index (χ2n) is 22.5. The summed E-state index contributed by atoms with van der Waals surface area (Å²) in [5, 5.41) is 6.12. The molecule has 9 aliphatic heterocycles. The molecule has 8 unspecified atom stereocenters. The van der Waals surface area contributed by atoms with Crippen LogP contribution in [0.15, 0.2) is 51.2 Å². The number of likely N-dealkylation sites (tertiary alicyclic amines) is 3. The number of nitrogens with two attached hydrogens (primary N) is 6. The minimum atomic E-state index is -0.790. The fourth-order valence-electron chi connectivity index (χ4n) is 12.2. The van der Waals surface area contributed by atoms with Crippen molar-refractivity contribution in [3.8, 4) is 0 Å². The lowest BCUT2D eigenvalue weighted by Gasteiger charge is -2.25. The molecule has 12 heterocycles. The van der Waals surface area contributed by atoms with Crippen LogP contribution in [-0.2, 0) is 71.4 Å². The van der Waals surface area contributed by atoms with Crippen LogP contribution in [-0.4, -0.2) is 213 Å². The third-order valence-corrected chi connectivity index (χ3v) is 16.7. The van der Waals surface area contributed by atoms with E-state index in [4.69, 9.17) is 59.8 Å². The molecule has 0 aliphatic carbocycles. The smallest absolute Gasteiger partial charge is 0.351 e. The monoisotopic (exact) mass is 1330 g/mol. The average Bonchev–Trinajstić information content (AvgIpc) is 4.46. The Balaban J connectivity index is 0.000000189. The molecule has 12 atom stereocenters. The van der Waals surface area contributed by atoms with Gasteiger partial charge in [0.05, 0.1) is 39.5 Å². The van der Waals surface area contributed by atoms with Gasteiger partial charge in [-0.2, -0.15) is 15.0 Å². The lowest BCUT2D eigenvalue weighted by atomic mass is 10.1. The number of carbonyl (C=O) groups is 6. The standard InChI is InChI=1S/3C18H25N5O6.3ClH/c3*19-13-5-8-23(18(26)21-13)14-9-27-15(29-14)10-28-17(25)12-4-2-7-22(12)16(24)11-3-1-6-20-11;;;/h3*5,8,11-12,14-15,20H,1-4,6-7,9-10H2,(H2,19,21,26);3*1H/t2*11?,12?,14-,15-;;;;/m10..../s1. The Kier molecular flexibility index (Phi) is 26.0. The molecule has 0 spiro atoms. The summed E-state index contributed by atoms with van der Waals surface area (Å²) >= 11 is 0. The number of rotatable bonds is 15. The molecule has 90 heavy (non-hydrogen) atoms. The Labute approximate surface area is 534 Å². The van der Waals surface area contributed by atoms with Gasteiger partial charge in [0.25, 0.3) is 17.7 Å². The Morgan fingerprint density at radius 3 is 0.967 bits per heavy atom. The highest BCUT2D eigenvalue weighted by Gasteiger charge is 2.44. The van der Waals surface area contributed by atoms with E-state index in [0.29, 0.717) is 38.9 Å². The molecule has 0 radical (unpaired) electrons. The molecule has 9 saturated heterocycles. The summed E-state index contributed by atoms with van der Waals surface area (Å²) in [6, 6.07) is 2.54. The van der Waals surface area contributed by atoms with E-state index in [2.05, 4.69) is 15.0 Å². The molecule has 498 valence electrons. The Morgan fingerprint density at radius 2 is 0.722 bits per heavy atom. The molecule has 9 fully saturated rings. The van der Waals surface area contributed by atoms with E-state index in [0.717, 1.165) is 77.4 Å². The van der Waals surface area contributed by atoms with Crippen LogP contribution in [0, 0.1) is 0 Å². The number of esters is 3. The third-order valence-electron chi connectivity index (χ3n) is 16.7. The van der Waals surface area contributed by atoms with E-state index in [-0.39, 0.29) is 130 Å². The van der Waals surface area contributed by atoms with Crippen molar-refractivity contribution in [2.75, 3.05) is 96.1 Å². The largest absolute Gasteiger partial charge is 1.00 e. The fraction of sp³-hybridized carbons (Fsp3) is 0.667. The number of nitrogens with zero attached hydrogens (tertiary/aromatic N) is 9. The van der Waals surface area contributed by atoms with E-state index in [1.54, 1.807) is 14.7 Å². The molecule has 33 nitrogen and oxygen atoms in total. The van der Waals surface area contributed by atoms with Crippen LogP contribution in [0.1, 0.15) is 95.7 Å². The maximum atomic E-state index is 12.7. The van der Waals surface area contributed by atoms with Crippen molar-refractivity contribution in [3.63, 3.8) is 0 Å². The van der Waals surface area contributed by atoms with Crippen molar-refractivity contribution in [3.05, 3.63) is 68.2 Å². The van der Waals surface area contributed by atoms with Crippen molar-refractivity contribution < 1.29 is 125 Å². The van der Waals surface area contributed by atoms with E-state index in [1.807, 2.05) is 16.0 Å². The van der Waals surface area contributed by atoms with Crippen molar-refractivity contribution in [2.24, 2.45) is 0 Å². The van der Waals surface area contributed by atoms with E-state index < -0.39 is 90.7 Å². The summed E-state index contributed by atoms with van der Waals surface area (Å²) in [4.78, 5) is 127. The average molecular weight is 1330 g/mol. The highest BCUT2D eigenvalue weighted by molar-refractivity contribution is 5.89. The number of amides is 3. The molecule has 0 aromatic carbocycles. The maximum absolute atomic E-state index is 12.7. The molecular formula is C54H78Cl3N15O18. The number of hydrogen-bond acceptors (Lipinski definition) is 24. The SMILES string of the molecule is Nc1ccn(C2COC(COC(=O)C3CCCN3C(=O)C3CCC[NH2+]3)O2)c(=O)n1.Nc1ccn([C@@H]2CO[C@H](COC(=O)C3CCCN3C(=O)C3CCC[NH2+]3)O2)c(=O)n1.Nc1ccn([C@H]2CO[C@@H](COC(=O)C3CCCN3C(=O)C3CCC[NH2+]3)O2)c(=O)n1.[Cl-].[Cl-].[Cl-]. The fourth-order valence-corrected chi connectivity index (χ4v) is 12.2. The summed E-state index contributed by atoms with van der Waals surface area (Å²) < 4.78 is 53.2. The molecule has 12 N–H and O–H groups in total. The second-order valence-corrected chi connectivity index (χ2v) is 22.5. The predicted octanol–water partition coefficient (Wildman–Crippen LogP) is -15.1. The molecule has 12 rings (SSSR count). The number of nitrogen functional groups attached to an aromatic ring is 3. The molecular weight excluding hydrogens is 1250 g/mol. The number of aromatic nitrogens is 6. The van der Waals surface area contributed by atoms with E-state index in [1.165, 1.54) is 50.5 Å². The van der Waals surface area contributed by atoms with Gasteiger partial charge >= 0.3 is 35.0 Å². The maximum Gasteiger partial charge on any atom is 0.351 e. The van der Waals surface area contributed by atoms with Gasteiger partial charge in [0.1, 0.15) is 55.4 Å². The van der Waals surface area contributed by atoms with Crippen molar-refractivity contribution >= 4 is 53.1 Å². The third kappa shape index (κ3) is 17.5. The summed E-state index contributed by atoms with van der Waals surface area (Å²) in [6.07, 6.45) is 9.81. The highest BCUT2D eigenvalue weighted by Crippen LogP contribution is 2.27. The molecule has 0 saturated carbocycles. The minimum Gasteiger partial charge on any atom is -1.00 e. The van der Waals surface area contributed by atoms with Crippen LogP contribution in [0.4, 0.5) is 17.5 Å². The summed E-state index contributed by atoms with van der Waals surface area (Å²) in [6.45, 7) is 4.62. The van der Waals surface area contributed by atoms with Crippen LogP contribution in [0.2, 0.25) is 0 Å². The van der Waals surface area contributed by atoms with Crippen LogP contribution in [0.5, 0.6) is 0 Å². The Hall–Kier alpha value is -6.63. The van der Waals surface area contributed by atoms with Gasteiger partial charge < -0.3 is 128 Å². The first-order valence-corrected chi connectivity index (χ1v) is 29.8. The zero-order valence-electron chi connectivity index (χ0n) is 49.3. The first-order valence-electron chi connectivity index (χ1n) is 29.8. The van der Waals surface area contributed by atoms with E-state index >= 15 is 0 Å². The zero-order chi connectivity index (χ0) is 61.1. The molecule has 0 bridgehead atoms. The molecule has 3 amide bonds. The first kappa shape index (κ1) is 70.8. The van der Waals surface area contributed by atoms with Gasteiger partial charge in [-0.15, -0.1) is 0 Å². The summed E-state index contributed by atoms with van der Waals surface area (Å²) in [5.74, 6) is -0.909. The Morgan fingerprint density at radius 1 is 0.444 bits per heavy atom. The van der Waals surface area contributed by atoms with Crippen molar-refractivity contribution in [1.29, 1.82) is 0 Å². The molecule has 9 aliphatic rings. The van der Waals surface area contributed by atoms with Gasteiger partial charge in [-0.3, -0.25) is 28.1 Å². The van der Waals surface area contributed by atoms with Crippen LogP contribution < -0.4 is 87.4 Å². The van der Waals surface area contributed by atoms with Crippen LogP contribution in [0.3, 0.4) is 0 Å². The van der Waals surface area contributed by atoms with Crippen LogP contribution >= 0.6 is 0 Å². The molecule has 3 aromatic heterocycles. The van der Waals surface area contributed by atoms with Gasteiger partial charge in [-0.05, 0) is 56.7 Å². The first-order chi connectivity index (χ1) is 42.1. The second kappa shape index (κ2) is 33.1. The van der Waals surface area contributed by atoms with Gasteiger partial charge in [-0.25, -0.2) is 28.8 Å². The van der Waals surface area contributed by atoms with Gasteiger partial charge in [-0.1, -0.05) is 0 Å². The highest BCUT2D eigenvalue weighted by atomic mass is 35.5. The number of anilines is 3. The number of quaternary nitrogens is 3. The number of hydrogen-bond donors (Lipinski definition) is 6. The van der Waals surface area contributed by atoms with Gasteiger partial charge in [0.15, 0.2) is 55.7 Å². The lowest BCUT2D eigenvalue weighted by molar-refractivity contribution is -0.658. The Bertz CT molecular complexity index is 2810. The van der Waals surface area contributed by atoms with E-state index in [9.17, 15) is 43.2 Å². The zero-order valence-corrected chi connectivity index (χ0v) is 51.6. The normalized spacial score (nSPS) is 28.3. The number of carbonyl (C=O) groups excluding carboxylic acids is 6. The summed E-state index contributed by atoms with van der Waals surface area (Å²) in [7, 11) is 0. The summed E-state index contributed by atoms with van der Waals surface area (Å²) in [5.41, 5.74) is 14.8. The van der Waals surface area contributed by atoms with Crippen LogP contribution in [0.25, 0.3) is 0 Å². The minimum absolute atomic E-state index is 0. The number of halogens is 3. The quantitative estimate of drug-likeness (QED) is 0.0608. The predicted molar refractivity (Wildman–Crippen MR) is 295 cm³/mol. The molecule has 36 heteroatoms. The van der Waals surface area contributed by atoms with Crippen molar-refractivity contribution in [1.82, 2.24) is 43.4 Å². The number of ether oxygens (including phenoxy) is 9. The molecule has 3 aromatic rings.